The van der Waals surface area contributed by atoms with E-state index in [1.54, 1.807) is 11.0 Å². The molecule has 2 aliphatic heterocycles. The predicted octanol–water partition coefficient (Wildman–Crippen LogP) is 3.84. The number of likely N-dealkylation sites (N-methyl/N-ethyl adjacent to an activating group) is 1. The number of hydrogen-bond acceptors (Lipinski definition) is 6. The van der Waals surface area contributed by atoms with Crippen molar-refractivity contribution in [3.05, 3.63) is 64.7 Å². The number of rotatable bonds is 8. The van der Waals surface area contributed by atoms with Crippen LogP contribution in [-0.4, -0.2) is 73.0 Å². The molecule has 2 aliphatic rings. The van der Waals surface area contributed by atoms with Crippen LogP contribution in [0.15, 0.2) is 48.0 Å². The first-order valence-corrected chi connectivity index (χ1v) is 12.3. The number of carbonyl (C=O) groups is 2. The molecule has 0 aromatic heterocycles. The molecule has 2 atom stereocenters. The minimum Gasteiger partial charge on any atom is -0.507 e. The molecule has 0 unspecified atom stereocenters. The highest BCUT2D eigenvalue weighted by molar-refractivity contribution is 6.46. The van der Waals surface area contributed by atoms with Crippen LogP contribution in [0.1, 0.15) is 43.5 Å². The molecule has 0 spiro atoms. The maximum Gasteiger partial charge on any atom is 0.295 e. The molecule has 1 fully saturated rings. The zero-order valence-electron chi connectivity index (χ0n) is 21.2. The Morgan fingerprint density at radius 1 is 1.09 bits per heavy atom. The standard InChI is InChI=1S/C28H35N3O4/c1-6-30(7-2)14-15-31-25(19-8-11-22(12-9-19)29(4)5)24(27(33)28(31)34)26(32)20-10-13-23-21(17-20)16-18(3)35-23/h8-13,17-18,25,32H,6-7,14-16H2,1-5H3/b26-24+/t18-,25+/m1/s1. The van der Waals surface area contributed by atoms with E-state index in [1.807, 2.05) is 62.3 Å². The van der Waals surface area contributed by atoms with Crippen molar-refractivity contribution < 1.29 is 19.4 Å². The summed E-state index contributed by atoms with van der Waals surface area (Å²) in [5, 5.41) is 11.4. The van der Waals surface area contributed by atoms with Crippen molar-refractivity contribution in [3.8, 4) is 5.75 Å². The van der Waals surface area contributed by atoms with Gasteiger partial charge in [-0.25, -0.2) is 0 Å². The lowest BCUT2D eigenvalue weighted by Crippen LogP contribution is -2.38. The van der Waals surface area contributed by atoms with E-state index in [0.29, 0.717) is 18.7 Å². The number of amides is 1. The van der Waals surface area contributed by atoms with E-state index >= 15 is 0 Å². The summed E-state index contributed by atoms with van der Waals surface area (Å²) in [7, 11) is 3.92. The number of anilines is 1. The normalized spacial score (nSPS) is 20.9. The Morgan fingerprint density at radius 2 is 1.77 bits per heavy atom. The SMILES string of the molecule is CCN(CC)CCN1C(=O)C(=O)/C(=C(/O)c2ccc3c(c2)C[C@@H](C)O3)[C@@H]1c1ccc(N(C)C)cc1. The highest BCUT2D eigenvalue weighted by atomic mass is 16.5. The summed E-state index contributed by atoms with van der Waals surface area (Å²) in [4.78, 5) is 32.3. The molecule has 186 valence electrons. The molecular formula is C28H35N3O4. The van der Waals surface area contributed by atoms with Crippen LogP contribution >= 0.6 is 0 Å². The maximum absolute atomic E-state index is 13.3. The highest BCUT2D eigenvalue weighted by Crippen LogP contribution is 2.40. The fraction of sp³-hybridized carbons (Fsp3) is 0.429. The molecule has 7 heteroatoms. The second-order valence-electron chi connectivity index (χ2n) is 9.46. The second kappa shape index (κ2) is 10.1. The molecule has 1 saturated heterocycles. The summed E-state index contributed by atoms with van der Waals surface area (Å²) in [6.45, 7) is 8.93. The lowest BCUT2D eigenvalue weighted by molar-refractivity contribution is -0.140. The number of nitrogens with zero attached hydrogens (tertiary/aromatic N) is 3. The predicted molar refractivity (Wildman–Crippen MR) is 138 cm³/mol. The summed E-state index contributed by atoms with van der Waals surface area (Å²) < 4.78 is 5.78. The van der Waals surface area contributed by atoms with Crippen LogP contribution in [0, 0.1) is 0 Å². The minimum atomic E-state index is -0.648. The Kier molecular flexibility index (Phi) is 7.17. The number of Topliss-reactive ketones (excluding diaryl/α,β-unsaturated/α-hetero) is 1. The molecule has 1 N–H and O–H groups in total. The number of aliphatic hydroxyl groups excluding tert-OH is 1. The molecule has 2 heterocycles. The number of carbonyl (C=O) groups excluding carboxylic acids is 2. The van der Waals surface area contributed by atoms with Gasteiger partial charge >= 0.3 is 0 Å². The van der Waals surface area contributed by atoms with E-state index in [-0.39, 0.29) is 17.4 Å². The van der Waals surface area contributed by atoms with Gasteiger partial charge in [0.25, 0.3) is 11.7 Å². The third kappa shape index (κ3) is 4.78. The summed E-state index contributed by atoms with van der Waals surface area (Å²) in [5.74, 6) is -0.561. The number of hydrogen-bond donors (Lipinski definition) is 1. The molecule has 0 bridgehead atoms. The maximum atomic E-state index is 13.3. The first kappa shape index (κ1) is 24.8. The smallest absolute Gasteiger partial charge is 0.295 e. The first-order chi connectivity index (χ1) is 16.7. The van der Waals surface area contributed by atoms with E-state index in [0.717, 1.165) is 42.1 Å². The Balaban J connectivity index is 1.78. The molecule has 7 nitrogen and oxygen atoms in total. The van der Waals surface area contributed by atoms with E-state index < -0.39 is 17.7 Å². The third-order valence-electron chi connectivity index (χ3n) is 6.99. The van der Waals surface area contributed by atoms with E-state index in [4.69, 9.17) is 4.74 Å². The second-order valence-corrected chi connectivity index (χ2v) is 9.46. The molecular weight excluding hydrogens is 442 g/mol. The van der Waals surface area contributed by atoms with Crippen LogP contribution in [0.25, 0.3) is 5.76 Å². The van der Waals surface area contributed by atoms with Gasteiger partial charge < -0.3 is 24.5 Å². The fourth-order valence-electron chi connectivity index (χ4n) is 4.93. The number of aliphatic hydroxyl groups is 1. The van der Waals surface area contributed by atoms with Gasteiger partial charge in [0.05, 0.1) is 11.6 Å². The van der Waals surface area contributed by atoms with Gasteiger partial charge in [0, 0.05) is 44.9 Å². The van der Waals surface area contributed by atoms with Gasteiger partial charge in [-0.3, -0.25) is 9.59 Å². The summed E-state index contributed by atoms with van der Waals surface area (Å²) in [6, 6.07) is 12.6. The summed E-state index contributed by atoms with van der Waals surface area (Å²) in [5.41, 5.74) is 3.47. The average molecular weight is 478 g/mol. The summed E-state index contributed by atoms with van der Waals surface area (Å²) in [6.07, 6.45) is 0.813. The number of fused-ring (bicyclic) bond motifs is 1. The van der Waals surface area contributed by atoms with E-state index in [9.17, 15) is 14.7 Å². The Labute approximate surface area is 207 Å². The van der Waals surface area contributed by atoms with Crippen LogP contribution < -0.4 is 9.64 Å². The van der Waals surface area contributed by atoms with Crippen LogP contribution in [0.4, 0.5) is 5.69 Å². The first-order valence-electron chi connectivity index (χ1n) is 12.3. The van der Waals surface area contributed by atoms with E-state index in [1.165, 1.54) is 0 Å². The van der Waals surface area contributed by atoms with E-state index in [2.05, 4.69) is 18.7 Å². The number of ketones is 1. The van der Waals surface area contributed by atoms with Crippen molar-refractivity contribution in [1.29, 1.82) is 0 Å². The fourth-order valence-corrected chi connectivity index (χ4v) is 4.93. The summed E-state index contributed by atoms with van der Waals surface area (Å²) >= 11 is 0. The topological polar surface area (TPSA) is 73.3 Å². The quantitative estimate of drug-likeness (QED) is 0.354. The van der Waals surface area contributed by atoms with Crippen LogP contribution in [-0.2, 0) is 16.0 Å². The minimum absolute atomic E-state index is 0.0725. The van der Waals surface area contributed by atoms with Crippen LogP contribution in [0.5, 0.6) is 5.75 Å². The highest BCUT2D eigenvalue weighted by Gasteiger charge is 2.46. The van der Waals surface area contributed by atoms with Gasteiger partial charge in [-0.05, 0) is 61.5 Å². The average Bonchev–Trinajstić information content (AvgIpc) is 3.35. The lowest BCUT2D eigenvalue weighted by Gasteiger charge is -2.28. The zero-order chi connectivity index (χ0) is 25.3. The van der Waals surface area contributed by atoms with Crippen LogP contribution in [0.3, 0.4) is 0 Å². The molecule has 0 aliphatic carbocycles. The molecule has 2 aromatic rings. The van der Waals surface area contributed by atoms with Crippen molar-refractivity contribution in [2.45, 2.75) is 39.3 Å². The number of likely N-dealkylation sites (tertiary alicyclic amines) is 1. The molecule has 0 radical (unpaired) electrons. The van der Waals surface area contributed by atoms with Gasteiger partial charge in [-0.1, -0.05) is 26.0 Å². The third-order valence-corrected chi connectivity index (χ3v) is 6.99. The Hall–Kier alpha value is -3.32. The molecule has 1 amide bonds. The number of benzene rings is 2. The van der Waals surface area contributed by atoms with Crippen molar-refractivity contribution in [2.75, 3.05) is 45.2 Å². The molecule has 4 rings (SSSR count). The van der Waals surface area contributed by atoms with Gasteiger partial charge in [-0.2, -0.15) is 0 Å². The lowest BCUT2D eigenvalue weighted by atomic mass is 9.94. The van der Waals surface area contributed by atoms with Gasteiger partial charge in [0.15, 0.2) is 0 Å². The largest absolute Gasteiger partial charge is 0.507 e. The Morgan fingerprint density at radius 3 is 2.40 bits per heavy atom. The van der Waals surface area contributed by atoms with Gasteiger partial charge in [0.1, 0.15) is 17.6 Å². The molecule has 35 heavy (non-hydrogen) atoms. The van der Waals surface area contributed by atoms with Gasteiger partial charge in [0.2, 0.25) is 0 Å². The molecule has 2 aromatic carbocycles. The van der Waals surface area contributed by atoms with Crippen molar-refractivity contribution >= 4 is 23.1 Å². The molecule has 0 saturated carbocycles. The van der Waals surface area contributed by atoms with Crippen LogP contribution in [0.2, 0.25) is 0 Å². The van der Waals surface area contributed by atoms with Gasteiger partial charge in [-0.15, -0.1) is 0 Å². The number of ether oxygens (including phenoxy) is 1. The van der Waals surface area contributed by atoms with Crippen molar-refractivity contribution in [1.82, 2.24) is 9.80 Å². The monoisotopic (exact) mass is 477 g/mol. The van der Waals surface area contributed by atoms with Crippen molar-refractivity contribution in [3.63, 3.8) is 0 Å². The zero-order valence-corrected chi connectivity index (χ0v) is 21.2. The Bertz CT molecular complexity index is 1140. The van der Waals surface area contributed by atoms with Crippen molar-refractivity contribution in [2.24, 2.45) is 0 Å².